The van der Waals surface area contributed by atoms with E-state index in [0.717, 1.165) is 37.7 Å². The van der Waals surface area contributed by atoms with Crippen LogP contribution < -0.4 is 4.90 Å². The molecule has 1 spiro atoms. The van der Waals surface area contributed by atoms with Crippen molar-refractivity contribution in [2.45, 2.75) is 32.2 Å². The van der Waals surface area contributed by atoms with E-state index < -0.39 is 0 Å². The summed E-state index contributed by atoms with van der Waals surface area (Å²) in [5, 5.41) is 3.17. The highest BCUT2D eigenvalue weighted by atomic mass is 32.1. The molecule has 3 heterocycles. The van der Waals surface area contributed by atoms with Gasteiger partial charge in [0.25, 0.3) is 0 Å². The second kappa shape index (κ2) is 6.55. The second-order valence-corrected chi connectivity index (χ2v) is 7.95. The van der Waals surface area contributed by atoms with Crippen LogP contribution in [-0.4, -0.2) is 35.4 Å². The number of rotatable bonds is 3. The van der Waals surface area contributed by atoms with E-state index in [0.29, 0.717) is 12.3 Å². The molecule has 1 atom stereocenters. The predicted octanol–water partition coefficient (Wildman–Crippen LogP) is 3.55. The summed E-state index contributed by atoms with van der Waals surface area (Å²) in [5.41, 5.74) is 1.45. The van der Waals surface area contributed by atoms with E-state index >= 15 is 0 Å². The topological polar surface area (TPSA) is 36.4 Å². The number of thiazole rings is 1. The van der Waals surface area contributed by atoms with Crippen LogP contribution in [0.15, 0.2) is 41.9 Å². The molecule has 4 nitrogen and oxygen atoms in total. The van der Waals surface area contributed by atoms with Crippen molar-refractivity contribution in [3.63, 3.8) is 0 Å². The molecule has 1 aromatic heterocycles. The highest BCUT2D eigenvalue weighted by Gasteiger charge is 2.42. The molecule has 4 rings (SSSR count). The molecule has 2 aliphatic rings. The predicted molar refractivity (Wildman–Crippen MR) is 97.1 cm³/mol. The van der Waals surface area contributed by atoms with Crippen molar-refractivity contribution < 1.29 is 4.79 Å². The Kier molecular flexibility index (Phi) is 4.27. The molecule has 0 radical (unpaired) electrons. The SMILES string of the molecule is O=C1CC[C@@]2(CCCN(c3nccs3)C2)CN1Cc1ccccc1. The lowest BCUT2D eigenvalue weighted by atomic mass is 9.73. The van der Waals surface area contributed by atoms with Gasteiger partial charge in [0.1, 0.15) is 0 Å². The van der Waals surface area contributed by atoms with Crippen LogP contribution in [0.5, 0.6) is 0 Å². The average Bonchev–Trinajstić information content (AvgIpc) is 3.14. The van der Waals surface area contributed by atoms with E-state index in [1.54, 1.807) is 11.3 Å². The largest absolute Gasteiger partial charge is 0.347 e. The van der Waals surface area contributed by atoms with Gasteiger partial charge in [-0.1, -0.05) is 30.3 Å². The van der Waals surface area contributed by atoms with Crippen LogP contribution in [-0.2, 0) is 11.3 Å². The maximum atomic E-state index is 12.4. The summed E-state index contributed by atoms with van der Waals surface area (Å²) < 4.78 is 0. The van der Waals surface area contributed by atoms with Crippen LogP contribution in [0.25, 0.3) is 0 Å². The van der Waals surface area contributed by atoms with Crippen molar-refractivity contribution in [2.24, 2.45) is 5.41 Å². The standard InChI is InChI=1S/C19H23N3OS/c23-17-7-9-19(15-22(17)13-16-5-2-1-3-6-16)8-4-11-21(14-19)18-20-10-12-24-18/h1-3,5-6,10,12H,4,7-9,11,13-15H2/t19-/m1/s1. The van der Waals surface area contributed by atoms with E-state index in [1.165, 1.54) is 18.4 Å². The molecule has 0 bridgehead atoms. The van der Waals surface area contributed by atoms with Gasteiger partial charge in [-0.3, -0.25) is 4.79 Å². The highest BCUT2D eigenvalue weighted by Crippen LogP contribution is 2.40. The summed E-state index contributed by atoms with van der Waals surface area (Å²) in [6.45, 7) is 3.72. The van der Waals surface area contributed by atoms with Crippen LogP contribution in [0.1, 0.15) is 31.2 Å². The van der Waals surface area contributed by atoms with Crippen LogP contribution in [0.2, 0.25) is 0 Å². The van der Waals surface area contributed by atoms with E-state index in [-0.39, 0.29) is 5.41 Å². The lowest BCUT2D eigenvalue weighted by molar-refractivity contribution is -0.138. The molecular weight excluding hydrogens is 318 g/mol. The van der Waals surface area contributed by atoms with E-state index in [4.69, 9.17) is 0 Å². The number of hydrogen-bond donors (Lipinski definition) is 0. The van der Waals surface area contributed by atoms with Crippen LogP contribution in [0, 0.1) is 5.41 Å². The minimum Gasteiger partial charge on any atom is -0.347 e. The van der Waals surface area contributed by atoms with Crippen molar-refractivity contribution in [1.82, 2.24) is 9.88 Å². The molecule has 1 amide bonds. The minimum atomic E-state index is 0.229. The Morgan fingerprint density at radius 2 is 2.04 bits per heavy atom. The highest BCUT2D eigenvalue weighted by molar-refractivity contribution is 7.13. The van der Waals surface area contributed by atoms with E-state index in [2.05, 4.69) is 26.9 Å². The minimum absolute atomic E-state index is 0.229. The molecule has 0 unspecified atom stereocenters. The summed E-state index contributed by atoms with van der Waals surface area (Å²) in [6.07, 6.45) is 5.98. The molecule has 2 aromatic rings. The normalized spacial score (nSPS) is 24.6. The number of amides is 1. The number of benzene rings is 1. The van der Waals surface area contributed by atoms with Crippen molar-refractivity contribution in [1.29, 1.82) is 0 Å². The molecule has 126 valence electrons. The van der Waals surface area contributed by atoms with Gasteiger partial charge in [0.05, 0.1) is 0 Å². The van der Waals surface area contributed by atoms with Gasteiger partial charge in [0, 0.05) is 49.6 Å². The summed E-state index contributed by atoms with van der Waals surface area (Å²) >= 11 is 1.72. The molecule has 1 aromatic carbocycles. The molecular formula is C19H23N3OS. The Hall–Kier alpha value is -1.88. The molecule has 0 saturated carbocycles. The fourth-order valence-corrected chi connectivity index (χ4v) is 4.80. The first-order valence-electron chi connectivity index (χ1n) is 8.70. The third-order valence-corrected chi connectivity index (χ3v) is 6.15. The molecule has 24 heavy (non-hydrogen) atoms. The second-order valence-electron chi connectivity index (χ2n) is 7.08. The zero-order valence-electron chi connectivity index (χ0n) is 13.9. The molecule has 0 aliphatic carbocycles. The summed E-state index contributed by atoms with van der Waals surface area (Å²) in [4.78, 5) is 21.4. The Morgan fingerprint density at radius 3 is 2.83 bits per heavy atom. The zero-order valence-corrected chi connectivity index (χ0v) is 14.7. The fraction of sp³-hybridized carbons (Fsp3) is 0.474. The average molecular weight is 341 g/mol. The first kappa shape index (κ1) is 15.6. The quantitative estimate of drug-likeness (QED) is 0.856. The molecule has 5 heteroatoms. The molecule has 2 fully saturated rings. The van der Waals surface area contributed by atoms with E-state index in [1.807, 2.05) is 29.8 Å². The van der Waals surface area contributed by atoms with Crippen molar-refractivity contribution in [3.05, 3.63) is 47.5 Å². The number of likely N-dealkylation sites (tertiary alicyclic amines) is 1. The van der Waals surface area contributed by atoms with Gasteiger partial charge < -0.3 is 9.80 Å². The third-order valence-electron chi connectivity index (χ3n) is 5.32. The number of piperidine rings is 2. The number of hydrogen-bond acceptors (Lipinski definition) is 4. The van der Waals surface area contributed by atoms with Gasteiger partial charge in [0.15, 0.2) is 5.13 Å². The summed E-state index contributed by atoms with van der Waals surface area (Å²) in [7, 11) is 0. The Morgan fingerprint density at radius 1 is 1.17 bits per heavy atom. The number of carbonyl (C=O) groups excluding carboxylic acids is 1. The number of carbonyl (C=O) groups is 1. The molecule has 0 N–H and O–H groups in total. The van der Waals surface area contributed by atoms with Gasteiger partial charge in [-0.25, -0.2) is 4.98 Å². The Balaban J connectivity index is 1.49. The van der Waals surface area contributed by atoms with Gasteiger partial charge in [0.2, 0.25) is 5.91 Å². The van der Waals surface area contributed by atoms with Crippen molar-refractivity contribution in [3.8, 4) is 0 Å². The lowest BCUT2D eigenvalue weighted by Crippen LogP contribution is -2.53. The first-order chi connectivity index (χ1) is 11.7. The number of anilines is 1. The van der Waals surface area contributed by atoms with Gasteiger partial charge in [-0.2, -0.15) is 0 Å². The summed E-state index contributed by atoms with van der Waals surface area (Å²) in [5.74, 6) is 0.302. The monoisotopic (exact) mass is 341 g/mol. The van der Waals surface area contributed by atoms with Crippen molar-refractivity contribution >= 4 is 22.4 Å². The number of nitrogens with zero attached hydrogens (tertiary/aromatic N) is 3. The third kappa shape index (κ3) is 3.18. The van der Waals surface area contributed by atoms with Crippen LogP contribution in [0.4, 0.5) is 5.13 Å². The van der Waals surface area contributed by atoms with Gasteiger partial charge >= 0.3 is 0 Å². The molecule has 2 saturated heterocycles. The van der Waals surface area contributed by atoms with Crippen LogP contribution in [0.3, 0.4) is 0 Å². The maximum Gasteiger partial charge on any atom is 0.222 e. The Labute approximate surface area is 147 Å². The first-order valence-corrected chi connectivity index (χ1v) is 9.58. The zero-order chi connectivity index (χ0) is 16.4. The smallest absolute Gasteiger partial charge is 0.222 e. The summed E-state index contributed by atoms with van der Waals surface area (Å²) in [6, 6.07) is 10.3. The van der Waals surface area contributed by atoms with Crippen molar-refractivity contribution in [2.75, 3.05) is 24.5 Å². The lowest BCUT2D eigenvalue weighted by Gasteiger charge is -2.48. The number of aromatic nitrogens is 1. The molecule has 2 aliphatic heterocycles. The van der Waals surface area contributed by atoms with Gasteiger partial charge in [-0.05, 0) is 24.8 Å². The Bertz CT molecular complexity index is 688. The fourth-order valence-electron chi connectivity index (χ4n) is 4.13. The van der Waals surface area contributed by atoms with Gasteiger partial charge in [-0.15, -0.1) is 11.3 Å². The van der Waals surface area contributed by atoms with E-state index in [9.17, 15) is 4.79 Å². The maximum absolute atomic E-state index is 12.4. The van der Waals surface area contributed by atoms with Crippen LogP contribution >= 0.6 is 11.3 Å².